The lowest BCUT2D eigenvalue weighted by Crippen LogP contribution is -2.30. The highest BCUT2D eigenvalue weighted by atomic mass is 16.6. The van der Waals surface area contributed by atoms with Crippen LogP contribution in [0.25, 0.3) is 0 Å². The third-order valence-electron chi connectivity index (χ3n) is 14.2. The van der Waals surface area contributed by atoms with E-state index in [0.717, 1.165) is 122 Å². The van der Waals surface area contributed by atoms with E-state index in [-0.39, 0.29) is 31.1 Å². The van der Waals surface area contributed by atoms with Crippen LogP contribution < -0.4 is 0 Å². The Kier molecular flexibility index (Phi) is 63.8. The molecule has 0 aromatic rings. The lowest BCUT2D eigenvalue weighted by Gasteiger charge is -2.18. The van der Waals surface area contributed by atoms with E-state index in [2.05, 4.69) is 142 Å². The standard InChI is InChI=1S/C74H124O6/c1-4-7-10-13-16-19-22-25-27-29-31-32-33-34-35-36-37-38-39-40-41-42-44-45-47-49-52-55-58-61-64-67-73(76)79-70-71(69-78-72(75)66-63-60-57-54-51-24-21-18-15-12-9-6-3)80-74(77)68-65-62-59-56-53-50-48-46-43-30-28-26-23-20-17-14-11-8-5-2/h7,10,16,19,25-28,31-32,34-35,37-38,40-41,44-45,49,52,71H,4-6,8-9,11-15,17-18,20-24,29-30,33,36,39,42-43,46-48,50-51,53-70H2,1-3H3/b10-7-,19-16-,27-25-,28-26-,32-31-,35-34-,38-37-,41-40-,45-44-,52-49-. The van der Waals surface area contributed by atoms with E-state index in [1.807, 2.05) is 0 Å². The Hall–Kier alpha value is -4.19. The first-order valence-corrected chi connectivity index (χ1v) is 33.5. The molecule has 0 bridgehead atoms. The molecule has 0 rings (SSSR count). The third kappa shape index (κ3) is 64.6. The minimum Gasteiger partial charge on any atom is -0.462 e. The molecule has 0 heterocycles. The normalized spacial score (nSPS) is 12.9. The third-order valence-corrected chi connectivity index (χ3v) is 14.2. The Morgan fingerprint density at radius 2 is 0.487 bits per heavy atom. The Balaban J connectivity index is 4.36. The van der Waals surface area contributed by atoms with Gasteiger partial charge in [-0.15, -0.1) is 0 Å². The second-order valence-electron chi connectivity index (χ2n) is 22.0. The highest BCUT2D eigenvalue weighted by molar-refractivity contribution is 5.71. The van der Waals surface area contributed by atoms with E-state index in [1.165, 1.54) is 148 Å². The number of allylic oxidation sites excluding steroid dienone is 20. The maximum Gasteiger partial charge on any atom is 0.306 e. The van der Waals surface area contributed by atoms with E-state index in [4.69, 9.17) is 14.2 Å². The van der Waals surface area contributed by atoms with Gasteiger partial charge in [0.25, 0.3) is 0 Å². The molecule has 0 radical (unpaired) electrons. The van der Waals surface area contributed by atoms with Crippen molar-refractivity contribution in [2.24, 2.45) is 0 Å². The summed E-state index contributed by atoms with van der Waals surface area (Å²) in [5, 5.41) is 0. The number of rotatable bonds is 60. The van der Waals surface area contributed by atoms with Gasteiger partial charge in [0.2, 0.25) is 0 Å². The fourth-order valence-corrected chi connectivity index (χ4v) is 9.20. The molecule has 0 N–H and O–H groups in total. The molecule has 6 nitrogen and oxygen atoms in total. The largest absolute Gasteiger partial charge is 0.462 e. The molecule has 1 unspecified atom stereocenters. The number of esters is 3. The van der Waals surface area contributed by atoms with Crippen LogP contribution in [0.1, 0.15) is 310 Å². The summed E-state index contributed by atoms with van der Waals surface area (Å²) in [7, 11) is 0. The van der Waals surface area contributed by atoms with Gasteiger partial charge < -0.3 is 14.2 Å². The molecule has 0 aliphatic carbocycles. The first kappa shape index (κ1) is 75.8. The van der Waals surface area contributed by atoms with Gasteiger partial charge in [0.15, 0.2) is 6.10 Å². The lowest BCUT2D eigenvalue weighted by atomic mass is 10.0. The number of hydrogen-bond donors (Lipinski definition) is 0. The zero-order chi connectivity index (χ0) is 57.8. The molecule has 0 saturated carbocycles. The molecule has 0 amide bonds. The number of ether oxygens (including phenoxy) is 3. The van der Waals surface area contributed by atoms with E-state index >= 15 is 0 Å². The predicted octanol–water partition coefficient (Wildman–Crippen LogP) is 23.2. The minimum absolute atomic E-state index is 0.0884. The number of carbonyl (C=O) groups is 3. The van der Waals surface area contributed by atoms with Crippen molar-refractivity contribution in [2.75, 3.05) is 13.2 Å². The van der Waals surface area contributed by atoms with Crippen molar-refractivity contribution >= 4 is 17.9 Å². The second-order valence-corrected chi connectivity index (χ2v) is 22.0. The van der Waals surface area contributed by atoms with Gasteiger partial charge in [-0.3, -0.25) is 14.4 Å². The van der Waals surface area contributed by atoms with E-state index in [0.29, 0.717) is 19.3 Å². The van der Waals surface area contributed by atoms with Crippen LogP contribution in [0.4, 0.5) is 0 Å². The Morgan fingerprint density at radius 3 is 0.787 bits per heavy atom. The number of hydrogen-bond acceptors (Lipinski definition) is 6. The van der Waals surface area contributed by atoms with Crippen LogP contribution >= 0.6 is 0 Å². The monoisotopic (exact) mass is 1110 g/mol. The van der Waals surface area contributed by atoms with Gasteiger partial charge in [-0.2, -0.15) is 0 Å². The van der Waals surface area contributed by atoms with Crippen LogP contribution in [0.3, 0.4) is 0 Å². The molecule has 0 fully saturated rings. The quantitative estimate of drug-likeness (QED) is 0.0261. The predicted molar refractivity (Wildman–Crippen MR) is 348 cm³/mol. The summed E-state index contributed by atoms with van der Waals surface area (Å²) in [6, 6.07) is 0. The minimum atomic E-state index is -0.795. The highest BCUT2D eigenvalue weighted by Crippen LogP contribution is 2.16. The molecule has 0 spiro atoms. The Bertz CT molecular complexity index is 1650. The summed E-state index contributed by atoms with van der Waals surface area (Å²) < 4.78 is 16.9. The number of carbonyl (C=O) groups excluding carboxylic acids is 3. The van der Waals surface area contributed by atoms with Crippen molar-refractivity contribution in [3.05, 3.63) is 122 Å². The zero-order valence-corrected chi connectivity index (χ0v) is 52.3. The first-order valence-electron chi connectivity index (χ1n) is 33.5. The van der Waals surface area contributed by atoms with Gasteiger partial charge in [0, 0.05) is 19.3 Å². The van der Waals surface area contributed by atoms with Crippen molar-refractivity contribution in [2.45, 2.75) is 316 Å². The molecule has 0 saturated heterocycles. The molecular formula is C74H124O6. The van der Waals surface area contributed by atoms with E-state index in [9.17, 15) is 14.4 Å². The fraction of sp³-hybridized carbons (Fsp3) is 0.689. The zero-order valence-electron chi connectivity index (χ0n) is 52.3. The highest BCUT2D eigenvalue weighted by Gasteiger charge is 2.19. The molecule has 0 aromatic carbocycles. The smallest absolute Gasteiger partial charge is 0.306 e. The average Bonchev–Trinajstić information content (AvgIpc) is 3.46. The molecule has 0 aliphatic rings. The van der Waals surface area contributed by atoms with Crippen LogP contribution in [0.15, 0.2) is 122 Å². The van der Waals surface area contributed by atoms with Crippen molar-refractivity contribution in [3.8, 4) is 0 Å². The van der Waals surface area contributed by atoms with Crippen LogP contribution in [-0.2, 0) is 28.6 Å². The summed E-state index contributed by atoms with van der Waals surface area (Å²) in [5.41, 5.74) is 0. The van der Waals surface area contributed by atoms with Gasteiger partial charge in [-0.05, 0) is 116 Å². The average molecular weight is 1110 g/mol. The molecule has 80 heavy (non-hydrogen) atoms. The first-order chi connectivity index (χ1) is 39.5. The summed E-state index contributed by atoms with van der Waals surface area (Å²) in [6.07, 6.45) is 93.5. The molecule has 456 valence electrons. The second kappa shape index (κ2) is 67.3. The van der Waals surface area contributed by atoms with Crippen molar-refractivity contribution < 1.29 is 28.6 Å². The SMILES string of the molecule is CC/C=C\C/C=C\C/C=C\C/C=C\C/C=C\C/C=C\C/C=C\C/C=C\C/C=C\CCCCCC(=O)OCC(COC(=O)CCCCCCCCCCCCCC)OC(=O)CCCCCCCCCCC/C=C\CCCCCCCC. The topological polar surface area (TPSA) is 78.9 Å². The van der Waals surface area contributed by atoms with E-state index < -0.39 is 6.10 Å². The number of unbranched alkanes of at least 4 members (excludes halogenated alkanes) is 29. The van der Waals surface area contributed by atoms with Crippen LogP contribution in [0, 0.1) is 0 Å². The maximum atomic E-state index is 12.9. The van der Waals surface area contributed by atoms with Crippen molar-refractivity contribution in [1.29, 1.82) is 0 Å². The summed E-state index contributed by atoms with van der Waals surface area (Å²) in [6.45, 7) is 6.51. The van der Waals surface area contributed by atoms with Gasteiger partial charge in [-0.25, -0.2) is 0 Å². The fourth-order valence-electron chi connectivity index (χ4n) is 9.20. The molecular weight excluding hydrogens is 985 g/mol. The van der Waals surface area contributed by atoms with Gasteiger partial charge in [0.05, 0.1) is 0 Å². The van der Waals surface area contributed by atoms with Crippen LogP contribution in [0.2, 0.25) is 0 Å². The summed E-state index contributed by atoms with van der Waals surface area (Å²) >= 11 is 0. The van der Waals surface area contributed by atoms with Gasteiger partial charge in [-0.1, -0.05) is 296 Å². The maximum absolute atomic E-state index is 12.9. The molecule has 0 aliphatic heterocycles. The lowest BCUT2D eigenvalue weighted by molar-refractivity contribution is -0.167. The molecule has 6 heteroatoms. The van der Waals surface area contributed by atoms with E-state index in [1.54, 1.807) is 0 Å². The summed E-state index contributed by atoms with van der Waals surface area (Å²) in [5.74, 6) is -0.917. The van der Waals surface area contributed by atoms with Crippen LogP contribution in [0.5, 0.6) is 0 Å². The van der Waals surface area contributed by atoms with Crippen LogP contribution in [-0.4, -0.2) is 37.2 Å². The Morgan fingerprint density at radius 1 is 0.263 bits per heavy atom. The van der Waals surface area contributed by atoms with Gasteiger partial charge >= 0.3 is 17.9 Å². The summed E-state index contributed by atoms with van der Waals surface area (Å²) in [4.78, 5) is 38.3. The molecule has 1 atom stereocenters. The van der Waals surface area contributed by atoms with Crippen molar-refractivity contribution in [1.82, 2.24) is 0 Å². The van der Waals surface area contributed by atoms with Crippen molar-refractivity contribution in [3.63, 3.8) is 0 Å². The Labute approximate surface area is 494 Å². The molecule has 0 aromatic heterocycles. The van der Waals surface area contributed by atoms with Gasteiger partial charge in [0.1, 0.15) is 13.2 Å².